The minimum Gasteiger partial charge on any atom is -0.341 e. The minimum absolute atomic E-state index is 0.0638. The predicted molar refractivity (Wildman–Crippen MR) is 107 cm³/mol. The topological polar surface area (TPSA) is 82.0 Å². The van der Waals surface area contributed by atoms with Crippen LogP contribution in [0.4, 0.5) is 5.95 Å². The molecule has 1 aliphatic heterocycles. The summed E-state index contributed by atoms with van der Waals surface area (Å²) in [6, 6.07) is 8.37. The van der Waals surface area contributed by atoms with Crippen LogP contribution in [0.15, 0.2) is 29.1 Å². The highest BCUT2D eigenvalue weighted by molar-refractivity contribution is 5.74. The van der Waals surface area contributed by atoms with E-state index < -0.39 is 0 Å². The molecule has 0 amide bonds. The van der Waals surface area contributed by atoms with Crippen molar-refractivity contribution in [2.45, 2.75) is 39.3 Å². The third kappa shape index (κ3) is 3.12. The molecule has 1 aromatic carbocycles. The van der Waals surface area contributed by atoms with Crippen LogP contribution in [0.25, 0.3) is 11.2 Å². The van der Waals surface area contributed by atoms with Crippen molar-refractivity contribution in [2.24, 2.45) is 12.8 Å². The molecule has 0 unspecified atom stereocenters. The van der Waals surface area contributed by atoms with Gasteiger partial charge in [0.2, 0.25) is 5.95 Å². The zero-order valence-corrected chi connectivity index (χ0v) is 16.1. The number of anilines is 1. The van der Waals surface area contributed by atoms with Gasteiger partial charge in [-0.1, -0.05) is 24.3 Å². The summed E-state index contributed by atoms with van der Waals surface area (Å²) in [4.78, 5) is 24.6. The lowest BCUT2D eigenvalue weighted by atomic mass is 10.1. The van der Waals surface area contributed by atoms with Crippen molar-refractivity contribution in [1.82, 2.24) is 19.1 Å². The quantitative estimate of drug-likeness (QED) is 0.763. The molecule has 7 heteroatoms. The van der Waals surface area contributed by atoms with Gasteiger partial charge in [0, 0.05) is 26.2 Å². The molecular weight excluding hydrogens is 340 g/mol. The maximum Gasteiger partial charge on any atom is 0.279 e. The van der Waals surface area contributed by atoms with E-state index in [9.17, 15) is 4.79 Å². The molecule has 1 aliphatic rings. The summed E-state index contributed by atoms with van der Waals surface area (Å²) in [6.45, 7) is 6.15. The van der Waals surface area contributed by atoms with Crippen molar-refractivity contribution >= 4 is 17.1 Å². The molecule has 0 radical (unpaired) electrons. The van der Waals surface area contributed by atoms with Gasteiger partial charge in [-0.3, -0.25) is 13.9 Å². The first-order valence-electron chi connectivity index (χ1n) is 9.44. The van der Waals surface area contributed by atoms with Gasteiger partial charge in [0.25, 0.3) is 5.56 Å². The smallest absolute Gasteiger partial charge is 0.279 e. The van der Waals surface area contributed by atoms with Gasteiger partial charge in [-0.2, -0.15) is 4.98 Å². The molecule has 3 heterocycles. The van der Waals surface area contributed by atoms with Crippen molar-refractivity contribution < 1.29 is 0 Å². The van der Waals surface area contributed by atoms with E-state index in [0.717, 1.165) is 31.9 Å². The second kappa shape index (κ2) is 6.81. The fraction of sp³-hybridized carbons (Fsp3) is 0.450. The highest BCUT2D eigenvalue weighted by Crippen LogP contribution is 2.24. The Morgan fingerprint density at radius 3 is 2.74 bits per heavy atom. The molecule has 0 spiro atoms. The van der Waals surface area contributed by atoms with Crippen LogP contribution in [0.3, 0.4) is 0 Å². The molecular formula is C20H26N6O. The van der Waals surface area contributed by atoms with Crippen molar-refractivity contribution in [3.8, 4) is 0 Å². The lowest BCUT2D eigenvalue weighted by Gasteiger charge is -2.32. The molecule has 0 bridgehead atoms. The average molecular weight is 366 g/mol. The maximum atomic E-state index is 13.0. The van der Waals surface area contributed by atoms with Gasteiger partial charge < -0.3 is 10.6 Å². The number of rotatable bonds is 3. The summed E-state index contributed by atoms with van der Waals surface area (Å²) in [5, 5.41) is 0. The number of nitrogens with zero attached hydrogens (tertiary/aromatic N) is 5. The molecule has 0 saturated carbocycles. The Morgan fingerprint density at radius 1 is 1.22 bits per heavy atom. The Labute approximate surface area is 158 Å². The summed E-state index contributed by atoms with van der Waals surface area (Å²) in [5.74, 6) is 1.45. The number of aromatic nitrogens is 4. The van der Waals surface area contributed by atoms with E-state index in [1.54, 1.807) is 11.6 Å². The molecule has 27 heavy (non-hydrogen) atoms. The van der Waals surface area contributed by atoms with E-state index in [-0.39, 0.29) is 11.6 Å². The standard InChI is InChI=1S/C20H26N6O/c1-13-7-4-5-8-15(13)11-26-17-18(22-14(2)24(3)19(17)27)23-20(26)25-10-6-9-16(21)12-25/h4-5,7-8,16H,6,9-12,21H2,1-3H3/t16-/m1/s1. The van der Waals surface area contributed by atoms with Crippen LogP contribution in [0.2, 0.25) is 0 Å². The molecule has 1 saturated heterocycles. The molecule has 3 aromatic rings. The first-order chi connectivity index (χ1) is 13.0. The number of piperidine rings is 1. The molecule has 2 N–H and O–H groups in total. The molecule has 7 nitrogen and oxygen atoms in total. The molecule has 2 aromatic heterocycles. The van der Waals surface area contributed by atoms with E-state index in [4.69, 9.17) is 10.7 Å². The summed E-state index contributed by atoms with van der Waals surface area (Å²) in [5.41, 5.74) is 9.57. The van der Waals surface area contributed by atoms with E-state index >= 15 is 0 Å². The Morgan fingerprint density at radius 2 is 2.00 bits per heavy atom. The highest BCUT2D eigenvalue weighted by atomic mass is 16.1. The van der Waals surface area contributed by atoms with Crippen molar-refractivity contribution in [3.05, 3.63) is 51.6 Å². The summed E-state index contributed by atoms with van der Waals surface area (Å²) in [7, 11) is 1.76. The lowest BCUT2D eigenvalue weighted by molar-refractivity contribution is 0.495. The number of hydrogen-bond acceptors (Lipinski definition) is 5. The van der Waals surface area contributed by atoms with E-state index in [1.807, 2.05) is 23.6 Å². The fourth-order valence-corrected chi connectivity index (χ4v) is 3.79. The van der Waals surface area contributed by atoms with Gasteiger partial charge in [0.1, 0.15) is 5.82 Å². The van der Waals surface area contributed by atoms with E-state index in [1.165, 1.54) is 11.1 Å². The second-order valence-corrected chi connectivity index (χ2v) is 7.47. The SMILES string of the molecule is Cc1ccccc1Cn1c(N2CCC[C@@H](N)C2)nc2nc(C)n(C)c(=O)c21. The van der Waals surface area contributed by atoms with Crippen LogP contribution >= 0.6 is 0 Å². The predicted octanol–water partition coefficient (Wildman–Crippen LogP) is 1.72. The zero-order chi connectivity index (χ0) is 19.1. The van der Waals surface area contributed by atoms with Crippen molar-refractivity contribution in [1.29, 1.82) is 0 Å². The first kappa shape index (κ1) is 17.7. The first-order valence-corrected chi connectivity index (χ1v) is 9.44. The molecule has 0 aliphatic carbocycles. The van der Waals surface area contributed by atoms with Crippen LogP contribution < -0.4 is 16.2 Å². The monoisotopic (exact) mass is 366 g/mol. The van der Waals surface area contributed by atoms with Crippen molar-refractivity contribution in [3.63, 3.8) is 0 Å². The van der Waals surface area contributed by atoms with Gasteiger partial charge in [-0.25, -0.2) is 4.98 Å². The summed E-state index contributed by atoms with van der Waals surface area (Å²) < 4.78 is 3.61. The number of imidazole rings is 1. The largest absolute Gasteiger partial charge is 0.341 e. The lowest BCUT2D eigenvalue weighted by Crippen LogP contribution is -2.44. The number of aryl methyl sites for hydroxylation is 2. The second-order valence-electron chi connectivity index (χ2n) is 7.47. The number of hydrogen-bond donors (Lipinski definition) is 1. The maximum absolute atomic E-state index is 13.0. The van der Waals surface area contributed by atoms with E-state index in [0.29, 0.717) is 23.5 Å². The number of benzene rings is 1. The zero-order valence-electron chi connectivity index (χ0n) is 16.1. The van der Waals surface area contributed by atoms with Crippen LogP contribution in [0.1, 0.15) is 29.8 Å². The highest BCUT2D eigenvalue weighted by Gasteiger charge is 2.25. The third-order valence-corrected chi connectivity index (χ3v) is 5.52. The Kier molecular flexibility index (Phi) is 4.47. The van der Waals surface area contributed by atoms with Gasteiger partial charge in [-0.05, 0) is 37.8 Å². The minimum atomic E-state index is -0.0638. The molecule has 1 atom stereocenters. The van der Waals surface area contributed by atoms with Crippen LogP contribution in [-0.2, 0) is 13.6 Å². The molecule has 1 fully saturated rings. The molecule has 4 rings (SSSR count). The Hall–Kier alpha value is -2.67. The fourth-order valence-electron chi connectivity index (χ4n) is 3.79. The van der Waals surface area contributed by atoms with Gasteiger partial charge in [-0.15, -0.1) is 0 Å². The van der Waals surface area contributed by atoms with E-state index in [2.05, 4.69) is 28.9 Å². The van der Waals surface area contributed by atoms with Gasteiger partial charge in [0.15, 0.2) is 11.2 Å². The van der Waals surface area contributed by atoms with Crippen LogP contribution in [-0.4, -0.2) is 38.2 Å². The third-order valence-electron chi connectivity index (χ3n) is 5.52. The number of nitrogens with two attached hydrogens (primary N) is 1. The van der Waals surface area contributed by atoms with Gasteiger partial charge in [0.05, 0.1) is 6.54 Å². The van der Waals surface area contributed by atoms with Crippen molar-refractivity contribution in [2.75, 3.05) is 18.0 Å². The molecule has 142 valence electrons. The normalized spacial score (nSPS) is 17.6. The number of fused-ring (bicyclic) bond motifs is 1. The average Bonchev–Trinajstić information content (AvgIpc) is 3.00. The van der Waals surface area contributed by atoms with Crippen LogP contribution in [0.5, 0.6) is 0 Å². The Bertz CT molecular complexity index is 1050. The Balaban J connectivity index is 1.92. The summed E-state index contributed by atoms with van der Waals surface area (Å²) in [6.07, 6.45) is 2.05. The summed E-state index contributed by atoms with van der Waals surface area (Å²) >= 11 is 0. The van der Waals surface area contributed by atoms with Gasteiger partial charge >= 0.3 is 0 Å². The van der Waals surface area contributed by atoms with Crippen LogP contribution in [0, 0.1) is 13.8 Å².